The van der Waals surface area contributed by atoms with Gasteiger partial charge >= 0.3 is 6.61 Å². The number of nitrogens with one attached hydrogen (secondary N) is 1. The Hall–Kier alpha value is -2.47. The van der Waals surface area contributed by atoms with Crippen LogP contribution in [0.3, 0.4) is 0 Å². The lowest BCUT2D eigenvalue weighted by molar-refractivity contribution is -0.118. The summed E-state index contributed by atoms with van der Waals surface area (Å²) in [5, 5.41) is 12.4. The van der Waals surface area contributed by atoms with Gasteiger partial charge in [-0.25, -0.2) is 0 Å². The Morgan fingerprint density at radius 1 is 1.09 bits per heavy atom. The number of carbonyl (C=O) groups excluding carboxylic acids is 1. The van der Waals surface area contributed by atoms with E-state index in [4.69, 9.17) is 0 Å². The van der Waals surface area contributed by atoms with Crippen LogP contribution in [0.1, 0.15) is 18.1 Å². The average Bonchev–Trinajstić information content (AvgIpc) is 2.49. The molecule has 0 heterocycles. The summed E-state index contributed by atoms with van der Waals surface area (Å²) in [6.07, 6.45) is -1.16. The van der Waals surface area contributed by atoms with Gasteiger partial charge in [0.25, 0.3) is 0 Å². The van der Waals surface area contributed by atoms with Crippen LogP contribution in [0.5, 0.6) is 5.75 Å². The zero-order chi connectivity index (χ0) is 15.9. The van der Waals surface area contributed by atoms with Crippen LogP contribution in [0.25, 0.3) is 0 Å². The van der Waals surface area contributed by atoms with E-state index in [1.807, 2.05) is 0 Å². The minimum atomic E-state index is -2.98. The van der Waals surface area contributed by atoms with Gasteiger partial charge in [-0.15, -0.1) is 0 Å². The Labute approximate surface area is 126 Å². The molecule has 0 saturated heterocycles. The molecule has 0 aliphatic heterocycles. The van der Waals surface area contributed by atoms with Gasteiger partial charge in [0.05, 0.1) is 18.2 Å². The van der Waals surface area contributed by atoms with Crippen molar-refractivity contribution >= 4 is 11.6 Å². The summed E-state index contributed by atoms with van der Waals surface area (Å²) < 4.78 is 28.9. The zero-order valence-electron chi connectivity index (χ0n) is 11.6. The van der Waals surface area contributed by atoms with Crippen molar-refractivity contribution in [3.05, 3.63) is 60.2 Å². The van der Waals surface area contributed by atoms with Crippen LogP contribution in [0, 0.1) is 0 Å². The molecule has 6 heteroatoms. The summed E-state index contributed by atoms with van der Waals surface area (Å²) in [7, 11) is 0. The highest BCUT2D eigenvalue weighted by molar-refractivity contribution is 5.92. The lowest BCUT2D eigenvalue weighted by Gasteiger charge is -2.14. The minimum absolute atomic E-state index is 0.125. The number of rotatable bonds is 6. The fourth-order valence-electron chi connectivity index (χ4n) is 1.94. The van der Waals surface area contributed by atoms with E-state index in [0.29, 0.717) is 5.56 Å². The number of alkyl halides is 2. The molecule has 0 aliphatic carbocycles. The molecule has 1 unspecified atom stereocenters. The molecule has 0 fully saturated rings. The number of para-hydroxylation sites is 2. The Kier molecular flexibility index (Phi) is 5.43. The molecular weight excluding hydrogens is 292 g/mol. The van der Waals surface area contributed by atoms with E-state index in [1.165, 1.54) is 18.2 Å². The minimum Gasteiger partial charge on any atom is -0.433 e. The molecule has 22 heavy (non-hydrogen) atoms. The normalized spacial score (nSPS) is 12.0. The first-order valence-electron chi connectivity index (χ1n) is 6.63. The molecule has 0 saturated carbocycles. The van der Waals surface area contributed by atoms with Gasteiger partial charge in [-0.3, -0.25) is 4.79 Å². The fraction of sp³-hybridized carbons (Fsp3) is 0.188. The fourth-order valence-corrected chi connectivity index (χ4v) is 1.94. The maximum atomic E-state index is 12.3. The molecule has 0 radical (unpaired) electrons. The van der Waals surface area contributed by atoms with Crippen molar-refractivity contribution in [3.63, 3.8) is 0 Å². The molecule has 116 valence electrons. The Morgan fingerprint density at radius 2 is 1.73 bits per heavy atom. The Morgan fingerprint density at radius 3 is 2.41 bits per heavy atom. The molecule has 1 atom stereocenters. The van der Waals surface area contributed by atoms with Crippen LogP contribution in [0.2, 0.25) is 0 Å². The van der Waals surface area contributed by atoms with Crippen LogP contribution in [0.4, 0.5) is 14.5 Å². The van der Waals surface area contributed by atoms with Crippen molar-refractivity contribution in [2.75, 3.05) is 5.32 Å². The third-order valence-corrected chi connectivity index (χ3v) is 2.94. The Bertz CT molecular complexity index is 620. The molecule has 4 nitrogen and oxygen atoms in total. The quantitative estimate of drug-likeness (QED) is 0.860. The maximum absolute atomic E-state index is 12.3. The van der Waals surface area contributed by atoms with Crippen LogP contribution < -0.4 is 10.1 Å². The highest BCUT2D eigenvalue weighted by Gasteiger charge is 2.15. The van der Waals surface area contributed by atoms with Gasteiger partial charge in [-0.1, -0.05) is 42.5 Å². The van der Waals surface area contributed by atoms with Gasteiger partial charge in [0.1, 0.15) is 5.75 Å². The van der Waals surface area contributed by atoms with Gasteiger partial charge in [-0.2, -0.15) is 8.78 Å². The number of hydrogen-bond acceptors (Lipinski definition) is 3. The number of anilines is 1. The van der Waals surface area contributed by atoms with Crippen LogP contribution >= 0.6 is 0 Å². The predicted molar refractivity (Wildman–Crippen MR) is 77.7 cm³/mol. The molecule has 1 amide bonds. The third kappa shape index (κ3) is 4.53. The van der Waals surface area contributed by atoms with Crippen molar-refractivity contribution in [1.29, 1.82) is 0 Å². The molecular formula is C16H15F2NO3. The van der Waals surface area contributed by atoms with Crippen LogP contribution in [0.15, 0.2) is 54.6 Å². The second-order valence-corrected chi connectivity index (χ2v) is 4.55. The maximum Gasteiger partial charge on any atom is 0.387 e. The van der Waals surface area contributed by atoms with Gasteiger partial charge in [-0.05, 0) is 17.7 Å². The Balaban J connectivity index is 2.00. The van der Waals surface area contributed by atoms with E-state index >= 15 is 0 Å². The molecule has 0 aliphatic rings. The second-order valence-electron chi connectivity index (χ2n) is 4.55. The zero-order valence-corrected chi connectivity index (χ0v) is 11.6. The number of aliphatic hydroxyl groups excluding tert-OH is 1. The summed E-state index contributed by atoms with van der Waals surface area (Å²) in [5.41, 5.74) is 0.739. The monoisotopic (exact) mass is 307 g/mol. The number of aliphatic hydroxyl groups is 1. The van der Waals surface area contributed by atoms with E-state index in [1.54, 1.807) is 36.4 Å². The van der Waals surface area contributed by atoms with E-state index in [9.17, 15) is 18.7 Å². The SMILES string of the molecule is O=C(CC(O)c1ccccc1)Nc1ccccc1OC(F)F. The van der Waals surface area contributed by atoms with Crippen molar-refractivity contribution < 1.29 is 23.4 Å². The van der Waals surface area contributed by atoms with Crippen molar-refractivity contribution in [2.45, 2.75) is 19.1 Å². The lowest BCUT2D eigenvalue weighted by atomic mass is 10.1. The summed E-state index contributed by atoms with van der Waals surface area (Å²) >= 11 is 0. The summed E-state index contributed by atoms with van der Waals surface area (Å²) in [6, 6.07) is 14.6. The van der Waals surface area contributed by atoms with Gasteiger partial charge in [0.15, 0.2) is 0 Å². The van der Waals surface area contributed by atoms with Crippen LogP contribution in [-0.2, 0) is 4.79 Å². The molecule has 2 aromatic rings. The van der Waals surface area contributed by atoms with Crippen molar-refractivity contribution in [1.82, 2.24) is 0 Å². The van der Waals surface area contributed by atoms with Crippen molar-refractivity contribution in [3.8, 4) is 5.75 Å². The van der Waals surface area contributed by atoms with Gasteiger partial charge in [0, 0.05) is 0 Å². The average molecular weight is 307 g/mol. The highest BCUT2D eigenvalue weighted by Crippen LogP contribution is 2.26. The van der Waals surface area contributed by atoms with E-state index in [2.05, 4.69) is 10.1 Å². The summed E-state index contributed by atoms with van der Waals surface area (Å²) in [4.78, 5) is 11.9. The van der Waals surface area contributed by atoms with Gasteiger partial charge < -0.3 is 15.2 Å². The molecule has 0 bridgehead atoms. The molecule has 2 N–H and O–H groups in total. The number of benzene rings is 2. The van der Waals surface area contributed by atoms with E-state index in [0.717, 1.165) is 0 Å². The number of carbonyl (C=O) groups is 1. The smallest absolute Gasteiger partial charge is 0.387 e. The van der Waals surface area contributed by atoms with E-state index in [-0.39, 0.29) is 17.9 Å². The first kappa shape index (κ1) is 15.9. The first-order valence-corrected chi connectivity index (χ1v) is 6.63. The lowest BCUT2D eigenvalue weighted by Crippen LogP contribution is -2.16. The number of amides is 1. The molecule has 2 aromatic carbocycles. The summed E-state index contributed by atoms with van der Waals surface area (Å²) in [6.45, 7) is -2.98. The van der Waals surface area contributed by atoms with Gasteiger partial charge in [0.2, 0.25) is 5.91 Å². The van der Waals surface area contributed by atoms with E-state index < -0.39 is 18.6 Å². The molecule has 0 spiro atoms. The largest absolute Gasteiger partial charge is 0.433 e. The topological polar surface area (TPSA) is 58.6 Å². The third-order valence-electron chi connectivity index (χ3n) is 2.94. The highest BCUT2D eigenvalue weighted by atomic mass is 19.3. The second kappa shape index (κ2) is 7.51. The first-order chi connectivity index (χ1) is 10.6. The van der Waals surface area contributed by atoms with Crippen LogP contribution in [-0.4, -0.2) is 17.6 Å². The number of ether oxygens (including phenoxy) is 1. The molecule has 0 aromatic heterocycles. The predicted octanol–water partition coefficient (Wildman–Crippen LogP) is 3.35. The van der Waals surface area contributed by atoms with Crippen molar-refractivity contribution in [2.24, 2.45) is 0 Å². The number of halogens is 2. The molecule has 2 rings (SSSR count). The summed E-state index contributed by atoms with van der Waals surface area (Å²) in [5.74, 6) is -0.623. The number of hydrogen-bond donors (Lipinski definition) is 2. The standard InChI is InChI=1S/C16H15F2NO3/c17-16(18)22-14-9-5-4-8-12(14)19-15(21)10-13(20)11-6-2-1-3-7-11/h1-9,13,16,20H,10H2,(H,19,21).